The van der Waals surface area contributed by atoms with Crippen LogP contribution < -0.4 is 0 Å². The number of imidazole rings is 1. The molecule has 0 fully saturated rings. The van der Waals surface area contributed by atoms with Crippen molar-refractivity contribution >= 4 is 22.6 Å². The minimum absolute atomic E-state index is 0.742. The first kappa shape index (κ1) is 8.00. The van der Waals surface area contributed by atoms with Gasteiger partial charge in [0.1, 0.15) is 3.70 Å². The zero-order valence-corrected chi connectivity index (χ0v) is 7.91. The summed E-state index contributed by atoms with van der Waals surface area (Å²) in [4.78, 5) is 4.06. The molecule has 0 saturated carbocycles. The molecule has 0 aliphatic rings. The van der Waals surface area contributed by atoms with Crippen LogP contribution in [0.5, 0.6) is 0 Å². The standard InChI is InChI=1S/C6H9IN2O/c1-10-3-2-9-4-6(7)8-5-9/h4-5H,2-3H2,1H3. The molecule has 1 aromatic rings. The van der Waals surface area contributed by atoms with Gasteiger partial charge in [0.25, 0.3) is 0 Å². The molecule has 10 heavy (non-hydrogen) atoms. The zero-order valence-electron chi connectivity index (χ0n) is 5.75. The Hall–Kier alpha value is -0.100. The Morgan fingerprint density at radius 3 is 3.10 bits per heavy atom. The van der Waals surface area contributed by atoms with Crippen molar-refractivity contribution in [2.45, 2.75) is 6.54 Å². The van der Waals surface area contributed by atoms with E-state index in [1.807, 2.05) is 10.8 Å². The second-order valence-corrected chi connectivity index (χ2v) is 3.03. The fraction of sp³-hybridized carbons (Fsp3) is 0.500. The van der Waals surface area contributed by atoms with Crippen LogP contribution in [-0.4, -0.2) is 23.3 Å². The Morgan fingerprint density at radius 2 is 2.60 bits per heavy atom. The van der Waals surface area contributed by atoms with Crippen molar-refractivity contribution in [1.82, 2.24) is 9.55 Å². The number of hydrogen-bond acceptors (Lipinski definition) is 2. The fourth-order valence-corrected chi connectivity index (χ4v) is 1.13. The molecule has 0 amide bonds. The van der Waals surface area contributed by atoms with E-state index in [4.69, 9.17) is 4.74 Å². The molecule has 0 unspecified atom stereocenters. The lowest BCUT2D eigenvalue weighted by atomic mass is 10.7. The number of hydrogen-bond donors (Lipinski definition) is 0. The van der Waals surface area contributed by atoms with Crippen LogP contribution in [0.1, 0.15) is 0 Å². The van der Waals surface area contributed by atoms with E-state index in [0.29, 0.717) is 0 Å². The van der Waals surface area contributed by atoms with Crippen LogP contribution in [0.2, 0.25) is 0 Å². The molecule has 1 heterocycles. The van der Waals surface area contributed by atoms with Crippen molar-refractivity contribution in [1.29, 1.82) is 0 Å². The van der Waals surface area contributed by atoms with E-state index in [0.717, 1.165) is 16.9 Å². The zero-order chi connectivity index (χ0) is 7.40. The van der Waals surface area contributed by atoms with Crippen molar-refractivity contribution in [3.8, 4) is 0 Å². The second-order valence-electron chi connectivity index (χ2n) is 1.93. The number of ether oxygens (including phenoxy) is 1. The Bertz CT molecular complexity index is 199. The van der Waals surface area contributed by atoms with Gasteiger partial charge in [-0.05, 0) is 22.6 Å². The van der Waals surface area contributed by atoms with Crippen LogP contribution in [0, 0.1) is 3.70 Å². The van der Waals surface area contributed by atoms with E-state index in [1.54, 1.807) is 13.4 Å². The molecule has 3 nitrogen and oxygen atoms in total. The molecule has 4 heteroatoms. The van der Waals surface area contributed by atoms with Gasteiger partial charge in [-0.25, -0.2) is 4.98 Å². The molecule has 1 aromatic heterocycles. The van der Waals surface area contributed by atoms with Gasteiger partial charge in [0.05, 0.1) is 12.9 Å². The highest BCUT2D eigenvalue weighted by Gasteiger charge is 1.91. The maximum Gasteiger partial charge on any atom is 0.119 e. The minimum Gasteiger partial charge on any atom is -0.383 e. The quantitative estimate of drug-likeness (QED) is 0.754. The first-order valence-corrected chi connectivity index (χ1v) is 4.07. The summed E-state index contributed by atoms with van der Waals surface area (Å²) in [5.41, 5.74) is 0. The predicted molar refractivity (Wildman–Crippen MR) is 46.8 cm³/mol. The minimum atomic E-state index is 0.742. The van der Waals surface area contributed by atoms with Gasteiger partial charge in [0.2, 0.25) is 0 Å². The lowest BCUT2D eigenvalue weighted by Gasteiger charge is -1.97. The number of methoxy groups -OCH3 is 1. The fourth-order valence-electron chi connectivity index (χ4n) is 0.652. The van der Waals surface area contributed by atoms with Crippen LogP contribution >= 0.6 is 22.6 Å². The predicted octanol–water partition coefficient (Wildman–Crippen LogP) is 1.13. The highest BCUT2D eigenvalue weighted by molar-refractivity contribution is 14.1. The van der Waals surface area contributed by atoms with Gasteiger partial charge < -0.3 is 9.30 Å². The molecule has 0 aromatic carbocycles. The molecular weight excluding hydrogens is 243 g/mol. The lowest BCUT2D eigenvalue weighted by molar-refractivity contribution is 0.187. The highest BCUT2D eigenvalue weighted by Crippen LogP contribution is 1.98. The van der Waals surface area contributed by atoms with Crippen LogP contribution in [0.15, 0.2) is 12.5 Å². The molecule has 0 aliphatic carbocycles. The van der Waals surface area contributed by atoms with Crippen LogP contribution in [0.4, 0.5) is 0 Å². The van der Waals surface area contributed by atoms with Crippen molar-refractivity contribution in [3.05, 3.63) is 16.2 Å². The molecule has 0 radical (unpaired) electrons. The van der Waals surface area contributed by atoms with Gasteiger partial charge in [0, 0.05) is 19.9 Å². The summed E-state index contributed by atoms with van der Waals surface area (Å²) in [6.45, 7) is 1.62. The number of nitrogens with zero attached hydrogens (tertiary/aromatic N) is 2. The van der Waals surface area contributed by atoms with Crippen LogP contribution in [0.3, 0.4) is 0 Å². The third-order valence-electron chi connectivity index (χ3n) is 1.16. The average molecular weight is 252 g/mol. The summed E-state index contributed by atoms with van der Waals surface area (Å²) >= 11 is 2.18. The Morgan fingerprint density at radius 1 is 1.80 bits per heavy atom. The van der Waals surface area contributed by atoms with Crippen LogP contribution in [-0.2, 0) is 11.3 Å². The molecular formula is C6H9IN2O. The number of aromatic nitrogens is 2. The average Bonchev–Trinajstić information content (AvgIpc) is 2.31. The highest BCUT2D eigenvalue weighted by atomic mass is 127. The third kappa shape index (κ3) is 2.26. The first-order chi connectivity index (χ1) is 4.83. The summed E-state index contributed by atoms with van der Waals surface area (Å²) in [5.74, 6) is 0. The van der Waals surface area contributed by atoms with Gasteiger partial charge in [-0.15, -0.1) is 0 Å². The first-order valence-electron chi connectivity index (χ1n) is 2.99. The van der Waals surface area contributed by atoms with E-state index in [2.05, 4.69) is 27.6 Å². The molecule has 1 rings (SSSR count). The summed E-state index contributed by atoms with van der Waals surface area (Å²) < 4.78 is 7.93. The molecule has 0 atom stereocenters. The summed E-state index contributed by atoms with van der Waals surface area (Å²) in [7, 11) is 1.70. The van der Waals surface area contributed by atoms with Crippen molar-refractivity contribution in [2.24, 2.45) is 0 Å². The van der Waals surface area contributed by atoms with Crippen molar-refractivity contribution in [3.63, 3.8) is 0 Å². The van der Waals surface area contributed by atoms with Gasteiger partial charge >= 0.3 is 0 Å². The largest absolute Gasteiger partial charge is 0.383 e. The van der Waals surface area contributed by atoms with Gasteiger partial charge in [0.15, 0.2) is 0 Å². The Kier molecular flexibility index (Phi) is 3.14. The van der Waals surface area contributed by atoms with E-state index in [1.165, 1.54) is 0 Å². The number of rotatable bonds is 3. The van der Waals surface area contributed by atoms with Gasteiger partial charge in [-0.1, -0.05) is 0 Å². The molecule has 0 bridgehead atoms. The monoisotopic (exact) mass is 252 g/mol. The molecule has 56 valence electrons. The van der Waals surface area contributed by atoms with Gasteiger partial charge in [-0.2, -0.15) is 0 Å². The van der Waals surface area contributed by atoms with Gasteiger partial charge in [-0.3, -0.25) is 0 Å². The van der Waals surface area contributed by atoms with Crippen molar-refractivity contribution in [2.75, 3.05) is 13.7 Å². The SMILES string of the molecule is COCCn1cnc(I)c1. The maximum atomic E-state index is 4.90. The normalized spacial score (nSPS) is 10.2. The summed E-state index contributed by atoms with van der Waals surface area (Å²) in [5, 5.41) is 0. The molecule has 0 saturated heterocycles. The van der Waals surface area contributed by atoms with E-state index < -0.39 is 0 Å². The molecule has 0 spiro atoms. The lowest BCUT2D eigenvalue weighted by Crippen LogP contribution is -2.00. The topological polar surface area (TPSA) is 27.1 Å². The van der Waals surface area contributed by atoms with E-state index in [-0.39, 0.29) is 0 Å². The summed E-state index contributed by atoms with van der Waals surface area (Å²) in [6.07, 6.45) is 3.79. The maximum absolute atomic E-state index is 4.90. The molecule has 0 aliphatic heterocycles. The van der Waals surface area contributed by atoms with E-state index in [9.17, 15) is 0 Å². The number of halogens is 1. The Labute approximate surface area is 73.5 Å². The van der Waals surface area contributed by atoms with Crippen LogP contribution in [0.25, 0.3) is 0 Å². The summed E-state index contributed by atoms with van der Waals surface area (Å²) in [6, 6.07) is 0. The second kappa shape index (κ2) is 3.92. The van der Waals surface area contributed by atoms with Crippen molar-refractivity contribution < 1.29 is 4.74 Å². The smallest absolute Gasteiger partial charge is 0.119 e. The Balaban J connectivity index is 2.42. The third-order valence-corrected chi connectivity index (χ3v) is 1.71. The molecule has 0 N–H and O–H groups in total. The van der Waals surface area contributed by atoms with E-state index >= 15 is 0 Å².